The molecule has 1 rings (SSSR count). The van der Waals surface area contributed by atoms with Gasteiger partial charge in [-0.2, -0.15) is 0 Å². The third kappa shape index (κ3) is 2.50. The monoisotopic (exact) mass is 198 g/mol. The maximum atomic E-state index is 9.30. The molecule has 0 radical (unpaired) electrons. The molecule has 1 N–H and O–H groups in total. The first-order chi connectivity index (χ1) is 6.32. The van der Waals surface area contributed by atoms with Crippen LogP contribution in [-0.4, -0.2) is 11.7 Å². The molecular weight excluding hydrogens is 172 g/mol. The minimum absolute atomic E-state index is 0.0828. The van der Waals surface area contributed by atoms with Gasteiger partial charge in [0, 0.05) is 6.61 Å². The van der Waals surface area contributed by atoms with Crippen molar-refractivity contribution in [2.24, 2.45) is 22.7 Å². The first kappa shape index (κ1) is 12.0. The summed E-state index contributed by atoms with van der Waals surface area (Å²) in [6.07, 6.45) is 4.06. The van der Waals surface area contributed by atoms with E-state index in [9.17, 15) is 5.11 Å². The Morgan fingerprint density at radius 3 is 2.14 bits per heavy atom. The van der Waals surface area contributed by atoms with Gasteiger partial charge in [-0.05, 0) is 41.9 Å². The zero-order valence-corrected chi connectivity index (χ0v) is 10.4. The molecule has 0 amide bonds. The SMILES string of the molecule is CC(CC(C)C1(C)CC1)C(C)(C)CO. The predicted molar refractivity (Wildman–Crippen MR) is 61.2 cm³/mol. The van der Waals surface area contributed by atoms with Gasteiger partial charge in [-0.1, -0.05) is 34.6 Å². The fourth-order valence-electron chi connectivity index (χ4n) is 1.98. The average Bonchev–Trinajstić information content (AvgIpc) is 2.85. The summed E-state index contributed by atoms with van der Waals surface area (Å²) in [6, 6.07) is 0. The van der Waals surface area contributed by atoms with E-state index in [4.69, 9.17) is 0 Å². The summed E-state index contributed by atoms with van der Waals surface area (Å²) in [7, 11) is 0. The summed E-state index contributed by atoms with van der Waals surface area (Å²) in [4.78, 5) is 0. The van der Waals surface area contributed by atoms with Gasteiger partial charge in [-0.3, -0.25) is 0 Å². The Hall–Kier alpha value is -0.0400. The molecule has 0 aliphatic heterocycles. The quantitative estimate of drug-likeness (QED) is 0.717. The third-order valence-corrected chi connectivity index (χ3v) is 4.68. The molecule has 2 atom stereocenters. The Labute approximate surface area is 88.9 Å². The van der Waals surface area contributed by atoms with Gasteiger partial charge in [0.15, 0.2) is 0 Å². The first-order valence-electron chi connectivity index (χ1n) is 5.93. The van der Waals surface area contributed by atoms with E-state index in [1.54, 1.807) is 0 Å². The van der Waals surface area contributed by atoms with Gasteiger partial charge in [0.2, 0.25) is 0 Å². The van der Waals surface area contributed by atoms with Gasteiger partial charge in [0.05, 0.1) is 0 Å². The van der Waals surface area contributed by atoms with Crippen LogP contribution in [0.15, 0.2) is 0 Å². The van der Waals surface area contributed by atoms with Gasteiger partial charge in [0.1, 0.15) is 0 Å². The Morgan fingerprint density at radius 2 is 1.79 bits per heavy atom. The van der Waals surface area contributed by atoms with Gasteiger partial charge >= 0.3 is 0 Å². The summed E-state index contributed by atoms with van der Waals surface area (Å²) in [6.45, 7) is 11.7. The highest BCUT2D eigenvalue weighted by Crippen LogP contribution is 2.54. The van der Waals surface area contributed by atoms with Crippen LogP contribution in [-0.2, 0) is 0 Å². The molecule has 0 heterocycles. The van der Waals surface area contributed by atoms with Gasteiger partial charge < -0.3 is 5.11 Å². The second kappa shape index (κ2) is 3.84. The molecule has 84 valence electrons. The number of aliphatic hydroxyl groups excluding tert-OH is 1. The lowest BCUT2D eigenvalue weighted by molar-refractivity contribution is 0.0841. The Bertz CT molecular complexity index is 191. The molecule has 0 spiro atoms. The number of hydrogen-bond donors (Lipinski definition) is 1. The standard InChI is InChI=1S/C13H26O/c1-10(12(3,4)9-14)8-11(2)13(5)6-7-13/h10-11,14H,6-9H2,1-5H3. The Kier molecular flexibility index (Phi) is 3.30. The lowest BCUT2D eigenvalue weighted by Crippen LogP contribution is -2.28. The number of aliphatic hydroxyl groups is 1. The zero-order chi connectivity index (χ0) is 11.0. The predicted octanol–water partition coefficient (Wildman–Crippen LogP) is 3.47. The van der Waals surface area contributed by atoms with Crippen molar-refractivity contribution in [3.8, 4) is 0 Å². The maximum absolute atomic E-state index is 9.30. The van der Waals surface area contributed by atoms with Crippen LogP contribution in [0, 0.1) is 22.7 Å². The lowest BCUT2D eigenvalue weighted by Gasteiger charge is -2.33. The van der Waals surface area contributed by atoms with E-state index in [1.807, 2.05) is 0 Å². The minimum atomic E-state index is 0.0828. The second-order valence-electron chi connectivity index (χ2n) is 6.34. The molecule has 0 aromatic carbocycles. The molecule has 14 heavy (non-hydrogen) atoms. The van der Waals surface area contributed by atoms with Crippen LogP contribution in [0.25, 0.3) is 0 Å². The highest BCUT2D eigenvalue weighted by Gasteiger charge is 2.43. The molecule has 1 heteroatoms. The van der Waals surface area contributed by atoms with E-state index in [0.29, 0.717) is 17.9 Å². The van der Waals surface area contributed by atoms with Crippen molar-refractivity contribution < 1.29 is 5.11 Å². The molecule has 1 fully saturated rings. The molecule has 1 aliphatic rings. The normalized spacial score (nSPS) is 24.4. The van der Waals surface area contributed by atoms with Crippen LogP contribution in [0.5, 0.6) is 0 Å². The molecule has 0 bridgehead atoms. The molecule has 1 saturated carbocycles. The fraction of sp³-hybridized carbons (Fsp3) is 1.00. The number of hydrogen-bond acceptors (Lipinski definition) is 1. The van der Waals surface area contributed by atoms with Crippen molar-refractivity contribution in [2.45, 2.75) is 53.9 Å². The molecule has 0 aromatic heterocycles. The molecule has 2 unspecified atom stereocenters. The average molecular weight is 198 g/mol. The van der Waals surface area contributed by atoms with E-state index in [0.717, 1.165) is 5.92 Å². The summed E-state index contributed by atoms with van der Waals surface area (Å²) >= 11 is 0. The van der Waals surface area contributed by atoms with Crippen LogP contribution in [0.3, 0.4) is 0 Å². The molecular formula is C13H26O. The van der Waals surface area contributed by atoms with E-state index in [2.05, 4.69) is 34.6 Å². The minimum Gasteiger partial charge on any atom is -0.396 e. The van der Waals surface area contributed by atoms with Crippen LogP contribution in [0.2, 0.25) is 0 Å². The fourth-order valence-corrected chi connectivity index (χ4v) is 1.98. The van der Waals surface area contributed by atoms with E-state index in [1.165, 1.54) is 19.3 Å². The van der Waals surface area contributed by atoms with Crippen LogP contribution in [0.1, 0.15) is 53.9 Å². The van der Waals surface area contributed by atoms with Crippen molar-refractivity contribution in [2.75, 3.05) is 6.61 Å². The van der Waals surface area contributed by atoms with Crippen LogP contribution < -0.4 is 0 Å². The van der Waals surface area contributed by atoms with Crippen molar-refractivity contribution in [1.29, 1.82) is 0 Å². The lowest BCUT2D eigenvalue weighted by atomic mass is 9.73. The van der Waals surface area contributed by atoms with E-state index < -0.39 is 0 Å². The van der Waals surface area contributed by atoms with Crippen LogP contribution >= 0.6 is 0 Å². The number of rotatable bonds is 5. The Morgan fingerprint density at radius 1 is 1.29 bits per heavy atom. The molecule has 0 aromatic rings. The van der Waals surface area contributed by atoms with Crippen molar-refractivity contribution in [1.82, 2.24) is 0 Å². The van der Waals surface area contributed by atoms with E-state index in [-0.39, 0.29) is 5.41 Å². The second-order valence-corrected chi connectivity index (χ2v) is 6.34. The van der Waals surface area contributed by atoms with Crippen molar-refractivity contribution in [3.05, 3.63) is 0 Å². The van der Waals surface area contributed by atoms with Gasteiger partial charge in [-0.25, -0.2) is 0 Å². The molecule has 0 saturated heterocycles. The summed E-state index contributed by atoms with van der Waals surface area (Å²) in [5.41, 5.74) is 0.708. The van der Waals surface area contributed by atoms with Crippen molar-refractivity contribution >= 4 is 0 Å². The summed E-state index contributed by atoms with van der Waals surface area (Å²) < 4.78 is 0. The topological polar surface area (TPSA) is 20.2 Å². The summed E-state index contributed by atoms with van der Waals surface area (Å²) in [5, 5.41) is 9.30. The largest absolute Gasteiger partial charge is 0.396 e. The molecule has 1 nitrogen and oxygen atoms in total. The van der Waals surface area contributed by atoms with Crippen LogP contribution in [0.4, 0.5) is 0 Å². The third-order valence-electron chi connectivity index (χ3n) is 4.68. The highest BCUT2D eigenvalue weighted by atomic mass is 16.3. The summed E-state index contributed by atoms with van der Waals surface area (Å²) in [5.74, 6) is 1.42. The highest BCUT2D eigenvalue weighted by molar-refractivity contribution is 4.94. The van der Waals surface area contributed by atoms with Gasteiger partial charge in [-0.15, -0.1) is 0 Å². The van der Waals surface area contributed by atoms with Crippen molar-refractivity contribution in [3.63, 3.8) is 0 Å². The van der Waals surface area contributed by atoms with Gasteiger partial charge in [0.25, 0.3) is 0 Å². The maximum Gasteiger partial charge on any atom is 0.0484 e. The van der Waals surface area contributed by atoms with E-state index >= 15 is 0 Å². The molecule has 1 aliphatic carbocycles. The zero-order valence-electron chi connectivity index (χ0n) is 10.4. The Balaban J connectivity index is 2.44. The smallest absolute Gasteiger partial charge is 0.0484 e. The first-order valence-corrected chi connectivity index (χ1v) is 5.93.